The maximum atomic E-state index is 13.3. The van der Waals surface area contributed by atoms with Crippen LogP contribution in [0.4, 0.5) is 0 Å². The van der Waals surface area contributed by atoms with Crippen LogP contribution < -0.4 is 5.32 Å². The summed E-state index contributed by atoms with van der Waals surface area (Å²) in [6.07, 6.45) is 69.6. The predicted octanol–water partition coefficient (Wildman–Crippen LogP) is 19.8. The van der Waals surface area contributed by atoms with Crippen LogP contribution in [0.15, 0.2) is 24.3 Å². The van der Waals surface area contributed by atoms with Crippen LogP contribution in [0.5, 0.6) is 0 Å². The molecule has 6 nitrogen and oxygen atoms in total. The lowest BCUT2D eigenvalue weighted by molar-refractivity contribution is -0.151. The summed E-state index contributed by atoms with van der Waals surface area (Å²) in [6, 6.07) is -0.700. The van der Waals surface area contributed by atoms with Gasteiger partial charge < -0.3 is 20.3 Å². The Morgan fingerprint density at radius 3 is 1.11 bits per heavy atom. The Bertz CT molecular complexity index is 1110. The van der Waals surface area contributed by atoms with Crippen molar-refractivity contribution in [3.05, 3.63) is 24.3 Å². The van der Waals surface area contributed by atoms with Crippen LogP contribution in [0.2, 0.25) is 0 Å². The normalized spacial score (nSPS) is 13.2. The second kappa shape index (κ2) is 58.2. The summed E-state index contributed by atoms with van der Waals surface area (Å²) in [7, 11) is 0. The summed E-state index contributed by atoms with van der Waals surface area (Å²) in [5, 5.41) is 24.0. The fourth-order valence-corrected chi connectivity index (χ4v) is 9.99. The lowest BCUT2D eigenvalue weighted by atomic mass is 10.0. The molecule has 0 aromatic carbocycles. The number of allylic oxidation sites excluding steroid dienone is 4. The van der Waals surface area contributed by atoms with E-state index in [9.17, 15) is 19.8 Å². The van der Waals surface area contributed by atoms with E-state index >= 15 is 0 Å². The number of carbonyl (C=O) groups is 2. The van der Waals surface area contributed by atoms with E-state index in [0.717, 1.165) is 57.8 Å². The Morgan fingerprint density at radius 1 is 0.414 bits per heavy atom. The molecule has 3 unspecified atom stereocenters. The lowest BCUT2D eigenvalue weighted by Gasteiger charge is -2.24. The Hall–Kier alpha value is -1.66. The number of hydrogen-bond acceptors (Lipinski definition) is 5. The molecule has 0 spiro atoms. The van der Waals surface area contributed by atoms with Gasteiger partial charge in [0.1, 0.15) is 6.10 Å². The van der Waals surface area contributed by atoms with Crippen LogP contribution in [0.25, 0.3) is 0 Å². The number of ether oxygens (including phenoxy) is 1. The Labute approximate surface area is 437 Å². The number of aliphatic hydroxyl groups is 2. The van der Waals surface area contributed by atoms with Gasteiger partial charge in [0.25, 0.3) is 0 Å². The van der Waals surface area contributed by atoms with Gasteiger partial charge in [-0.05, 0) is 57.8 Å². The number of rotatable bonds is 58. The molecule has 0 aromatic heterocycles. The number of unbranched alkanes of at least 4 members (excludes halogenated alkanes) is 42. The number of aliphatic hydroxyl groups excluding tert-OH is 2. The zero-order valence-electron chi connectivity index (χ0n) is 47.4. The van der Waals surface area contributed by atoms with Crippen LogP contribution >= 0.6 is 0 Å². The summed E-state index contributed by atoms with van der Waals surface area (Å²) < 4.78 is 5.99. The van der Waals surface area contributed by atoms with E-state index in [1.807, 2.05) is 0 Å². The molecule has 0 aliphatic rings. The number of esters is 1. The molecule has 3 atom stereocenters. The highest BCUT2D eigenvalue weighted by Crippen LogP contribution is 2.19. The van der Waals surface area contributed by atoms with Crippen molar-refractivity contribution in [2.75, 3.05) is 6.61 Å². The van der Waals surface area contributed by atoms with E-state index in [0.29, 0.717) is 19.3 Å². The SMILES string of the molecule is CCCCC/C=C\C/C=C\CCCCCCCCCC(=O)OC(CCCCCCCCCCCCCCCCCCC)CC(=O)NC(CO)C(O)CCCCCCCCCCCCCCCCCCC. The Morgan fingerprint density at radius 2 is 0.729 bits per heavy atom. The second-order valence-corrected chi connectivity index (χ2v) is 21.8. The van der Waals surface area contributed by atoms with E-state index in [4.69, 9.17) is 4.74 Å². The maximum Gasteiger partial charge on any atom is 0.306 e. The van der Waals surface area contributed by atoms with Gasteiger partial charge in [-0.25, -0.2) is 0 Å². The molecule has 414 valence electrons. The molecule has 0 saturated heterocycles. The van der Waals surface area contributed by atoms with Crippen LogP contribution in [0, 0.1) is 0 Å². The molecule has 3 N–H and O–H groups in total. The van der Waals surface area contributed by atoms with Gasteiger partial charge in [0.2, 0.25) is 5.91 Å². The summed E-state index contributed by atoms with van der Waals surface area (Å²) in [5.41, 5.74) is 0. The van der Waals surface area contributed by atoms with Gasteiger partial charge in [-0.15, -0.1) is 0 Å². The van der Waals surface area contributed by atoms with Gasteiger partial charge in [0.15, 0.2) is 0 Å². The second-order valence-electron chi connectivity index (χ2n) is 21.8. The number of amides is 1. The van der Waals surface area contributed by atoms with E-state index in [-0.39, 0.29) is 24.9 Å². The van der Waals surface area contributed by atoms with Gasteiger partial charge in [0.05, 0.1) is 25.2 Å². The van der Waals surface area contributed by atoms with Gasteiger partial charge in [0, 0.05) is 6.42 Å². The minimum atomic E-state index is -0.786. The van der Waals surface area contributed by atoms with Crippen molar-refractivity contribution in [2.24, 2.45) is 0 Å². The average molecular weight is 987 g/mol. The molecule has 0 aromatic rings. The van der Waals surface area contributed by atoms with Crippen LogP contribution in [-0.4, -0.2) is 46.9 Å². The largest absolute Gasteiger partial charge is 0.462 e. The van der Waals surface area contributed by atoms with E-state index in [2.05, 4.69) is 50.4 Å². The van der Waals surface area contributed by atoms with Crippen molar-refractivity contribution < 1.29 is 24.5 Å². The molecule has 1 amide bonds. The van der Waals surface area contributed by atoms with Gasteiger partial charge in [-0.3, -0.25) is 9.59 Å². The van der Waals surface area contributed by atoms with Crippen LogP contribution in [0.1, 0.15) is 348 Å². The summed E-state index contributed by atoms with van der Waals surface area (Å²) >= 11 is 0. The number of hydrogen-bond donors (Lipinski definition) is 3. The minimum absolute atomic E-state index is 0.0812. The van der Waals surface area contributed by atoms with Crippen molar-refractivity contribution in [1.29, 1.82) is 0 Å². The first-order chi connectivity index (χ1) is 34.5. The quantitative estimate of drug-likeness (QED) is 0.0321. The highest BCUT2D eigenvalue weighted by atomic mass is 16.5. The van der Waals surface area contributed by atoms with Crippen molar-refractivity contribution >= 4 is 11.9 Å². The molecule has 0 saturated carbocycles. The summed E-state index contributed by atoms with van der Waals surface area (Å²) in [6.45, 7) is 6.52. The van der Waals surface area contributed by atoms with Crippen molar-refractivity contribution in [2.45, 2.75) is 366 Å². The lowest BCUT2D eigenvalue weighted by Crippen LogP contribution is -2.46. The smallest absolute Gasteiger partial charge is 0.306 e. The number of carbonyl (C=O) groups excluding carboxylic acids is 2. The zero-order chi connectivity index (χ0) is 50.9. The van der Waals surface area contributed by atoms with Crippen LogP contribution in [-0.2, 0) is 14.3 Å². The average Bonchev–Trinajstić information content (AvgIpc) is 3.35. The van der Waals surface area contributed by atoms with Crippen molar-refractivity contribution in [3.8, 4) is 0 Å². The highest BCUT2D eigenvalue weighted by molar-refractivity contribution is 5.77. The van der Waals surface area contributed by atoms with E-state index in [1.54, 1.807) is 0 Å². The maximum absolute atomic E-state index is 13.3. The molecular weight excluding hydrogens is 863 g/mol. The molecule has 0 rings (SSSR count). The van der Waals surface area contributed by atoms with E-state index < -0.39 is 18.2 Å². The Kier molecular flexibility index (Phi) is 56.9. The van der Waals surface area contributed by atoms with Crippen molar-refractivity contribution in [1.82, 2.24) is 5.32 Å². The molecule has 70 heavy (non-hydrogen) atoms. The minimum Gasteiger partial charge on any atom is -0.462 e. The first kappa shape index (κ1) is 68.3. The van der Waals surface area contributed by atoms with Crippen molar-refractivity contribution in [3.63, 3.8) is 0 Å². The highest BCUT2D eigenvalue weighted by Gasteiger charge is 2.24. The fraction of sp³-hybridized carbons (Fsp3) is 0.906. The standard InChI is InChI=1S/C64H123NO5/c1-4-7-10-13-16-19-22-25-28-31-34-37-40-43-46-49-52-55-60(70-64(69)57-54-51-48-45-42-39-36-33-30-27-24-21-18-15-12-9-6-3)58-63(68)65-61(59-66)62(67)56-53-50-47-44-41-38-35-32-29-26-23-20-17-14-11-8-5-2/h18,21,27,30,60-62,66-67H,4-17,19-20,22-26,28-29,31-59H2,1-3H3,(H,65,68)/b21-18-,30-27-. The first-order valence-electron chi connectivity index (χ1n) is 31.6. The molecule has 0 fully saturated rings. The summed E-state index contributed by atoms with van der Waals surface area (Å²) in [4.78, 5) is 26.4. The zero-order valence-corrected chi connectivity index (χ0v) is 47.4. The van der Waals surface area contributed by atoms with Gasteiger partial charge >= 0.3 is 5.97 Å². The monoisotopic (exact) mass is 986 g/mol. The third kappa shape index (κ3) is 52.7. The molecule has 0 aliphatic heterocycles. The topological polar surface area (TPSA) is 95.9 Å². The van der Waals surface area contributed by atoms with Gasteiger partial charge in [-0.2, -0.15) is 0 Å². The van der Waals surface area contributed by atoms with Crippen LogP contribution in [0.3, 0.4) is 0 Å². The fourth-order valence-electron chi connectivity index (χ4n) is 9.99. The summed E-state index contributed by atoms with van der Waals surface area (Å²) in [5.74, 6) is -0.458. The molecule has 0 bridgehead atoms. The van der Waals surface area contributed by atoms with Gasteiger partial charge in [-0.1, -0.05) is 302 Å². The molecule has 0 aliphatic carbocycles. The molecule has 0 radical (unpaired) electrons. The third-order valence-corrected chi connectivity index (χ3v) is 14.8. The molecular formula is C64H123NO5. The number of nitrogens with one attached hydrogen (secondary N) is 1. The predicted molar refractivity (Wildman–Crippen MR) is 306 cm³/mol. The first-order valence-corrected chi connectivity index (χ1v) is 31.6. The third-order valence-electron chi connectivity index (χ3n) is 14.8. The Balaban J connectivity index is 4.50. The molecule has 6 heteroatoms. The van der Waals surface area contributed by atoms with E-state index in [1.165, 1.54) is 244 Å². The molecule has 0 heterocycles.